The lowest BCUT2D eigenvalue weighted by Gasteiger charge is -2.41. The molecular weight excluding hydrogens is 334 g/mol. The average molecular weight is 353 g/mol. The maximum atomic E-state index is 11.9. The molecule has 4 heterocycles. The number of piperidine rings is 1. The molecule has 2 atom stereocenters. The van der Waals surface area contributed by atoms with E-state index in [1.54, 1.807) is 6.07 Å². The van der Waals surface area contributed by atoms with Crippen molar-refractivity contribution in [3.05, 3.63) is 40.4 Å². The number of fused-ring (bicyclic) bond motifs is 2. The fourth-order valence-corrected chi connectivity index (χ4v) is 3.88. The van der Waals surface area contributed by atoms with Gasteiger partial charge in [0.15, 0.2) is 5.69 Å². The van der Waals surface area contributed by atoms with Crippen molar-refractivity contribution in [1.29, 1.82) is 0 Å². The molecule has 2 aromatic heterocycles. The van der Waals surface area contributed by atoms with Gasteiger partial charge in [-0.25, -0.2) is 5.10 Å². The van der Waals surface area contributed by atoms with E-state index in [0.717, 1.165) is 13.1 Å². The van der Waals surface area contributed by atoms with Crippen molar-refractivity contribution >= 4 is 10.8 Å². The lowest BCUT2D eigenvalue weighted by Crippen LogP contribution is -2.49. The molecule has 26 heavy (non-hydrogen) atoms. The molecule has 0 amide bonds. The number of nitrogens with zero attached hydrogens (tertiary/aromatic N) is 4. The van der Waals surface area contributed by atoms with Gasteiger partial charge in [0, 0.05) is 18.0 Å². The van der Waals surface area contributed by atoms with Crippen LogP contribution in [0, 0.1) is 0 Å². The zero-order chi connectivity index (χ0) is 17.5. The molecule has 2 aliphatic rings. The normalized spacial score (nSPS) is 23.8. The van der Waals surface area contributed by atoms with Crippen molar-refractivity contribution in [2.75, 3.05) is 19.7 Å². The lowest BCUT2D eigenvalue weighted by molar-refractivity contribution is -0.0805. The number of ether oxygens (including phenoxy) is 1. The minimum absolute atomic E-state index is 0.198. The van der Waals surface area contributed by atoms with Crippen molar-refractivity contribution in [3.8, 4) is 11.6 Å². The average Bonchev–Trinajstić information content (AvgIpc) is 3.18. The molecule has 2 saturated heterocycles. The summed E-state index contributed by atoms with van der Waals surface area (Å²) in [6.45, 7) is 2.58. The lowest BCUT2D eigenvalue weighted by atomic mass is 10.0. The van der Waals surface area contributed by atoms with Crippen molar-refractivity contribution in [2.24, 2.45) is 0 Å². The third-order valence-electron chi connectivity index (χ3n) is 5.27. The van der Waals surface area contributed by atoms with Gasteiger partial charge in [-0.2, -0.15) is 10.1 Å². The van der Waals surface area contributed by atoms with Crippen LogP contribution >= 0.6 is 0 Å². The van der Waals surface area contributed by atoms with Crippen LogP contribution in [0.4, 0.5) is 0 Å². The summed E-state index contributed by atoms with van der Waals surface area (Å²) in [5.41, 5.74) is 0.237. The van der Waals surface area contributed by atoms with Crippen LogP contribution < -0.4 is 5.56 Å². The first-order valence-electron chi connectivity index (χ1n) is 8.96. The monoisotopic (exact) mass is 353 g/mol. The summed E-state index contributed by atoms with van der Waals surface area (Å²) in [5.74, 6) is 0.818. The molecule has 134 valence electrons. The first kappa shape index (κ1) is 15.7. The summed E-state index contributed by atoms with van der Waals surface area (Å²) in [7, 11) is 0. The highest BCUT2D eigenvalue weighted by Gasteiger charge is 2.33. The smallest absolute Gasteiger partial charge is 0.279 e. The molecule has 2 fully saturated rings. The number of hydrogen-bond donors (Lipinski definition) is 1. The molecule has 1 N–H and O–H groups in total. The Balaban J connectivity index is 1.46. The Bertz CT molecular complexity index is 998. The third kappa shape index (κ3) is 2.62. The zero-order valence-corrected chi connectivity index (χ0v) is 14.2. The summed E-state index contributed by atoms with van der Waals surface area (Å²) >= 11 is 0. The van der Waals surface area contributed by atoms with Gasteiger partial charge in [0.05, 0.1) is 12.0 Å². The van der Waals surface area contributed by atoms with Gasteiger partial charge in [-0.05, 0) is 25.5 Å². The first-order chi connectivity index (χ1) is 12.8. The molecule has 1 aromatic carbocycles. The van der Waals surface area contributed by atoms with E-state index in [-0.39, 0.29) is 17.6 Å². The summed E-state index contributed by atoms with van der Waals surface area (Å²) in [6.07, 6.45) is 3.49. The summed E-state index contributed by atoms with van der Waals surface area (Å²) < 4.78 is 11.4. The summed E-state index contributed by atoms with van der Waals surface area (Å²) in [4.78, 5) is 18.9. The number of aromatic amines is 1. The van der Waals surface area contributed by atoms with Gasteiger partial charge in [-0.3, -0.25) is 9.69 Å². The first-order valence-corrected chi connectivity index (χ1v) is 8.96. The fraction of sp³-hybridized carbons (Fsp3) is 0.444. The number of morpholine rings is 1. The second-order valence-electron chi connectivity index (χ2n) is 6.87. The van der Waals surface area contributed by atoms with Gasteiger partial charge in [0.25, 0.3) is 11.4 Å². The van der Waals surface area contributed by atoms with E-state index in [2.05, 4.69) is 25.2 Å². The van der Waals surface area contributed by atoms with Gasteiger partial charge in [-0.15, -0.1) is 0 Å². The summed E-state index contributed by atoms with van der Waals surface area (Å²) in [6, 6.07) is 7.75. The fourth-order valence-electron chi connectivity index (χ4n) is 3.88. The molecule has 0 spiro atoms. The number of rotatable bonds is 2. The van der Waals surface area contributed by atoms with Crippen molar-refractivity contribution in [1.82, 2.24) is 25.2 Å². The number of aromatic nitrogens is 4. The Morgan fingerprint density at radius 1 is 1.19 bits per heavy atom. The van der Waals surface area contributed by atoms with Crippen LogP contribution in [0.2, 0.25) is 0 Å². The van der Waals surface area contributed by atoms with E-state index in [0.29, 0.717) is 34.9 Å². The van der Waals surface area contributed by atoms with Crippen molar-refractivity contribution in [3.63, 3.8) is 0 Å². The van der Waals surface area contributed by atoms with Gasteiger partial charge in [0.1, 0.15) is 6.10 Å². The Kier molecular flexibility index (Phi) is 3.79. The molecule has 0 saturated carbocycles. The van der Waals surface area contributed by atoms with Gasteiger partial charge in [-0.1, -0.05) is 29.8 Å². The van der Waals surface area contributed by atoms with Crippen LogP contribution in [0.1, 0.15) is 31.2 Å². The number of H-pyrrole nitrogens is 1. The highest BCUT2D eigenvalue weighted by Crippen LogP contribution is 2.30. The van der Waals surface area contributed by atoms with Crippen LogP contribution in [0.25, 0.3) is 22.4 Å². The van der Waals surface area contributed by atoms with E-state index in [9.17, 15) is 4.79 Å². The Labute approximate surface area is 149 Å². The molecule has 0 bridgehead atoms. The molecule has 8 heteroatoms. The van der Waals surface area contributed by atoms with Crippen molar-refractivity contribution in [2.45, 2.75) is 31.4 Å². The predicted octanol–water partition coefficient (Wildman–Crippen LogP) is 1.90. The minimum Gasteiger partial charge on any atom is -0.367 e. The number of benzene rings is 1. The van der Waals surface area contributed by atoms with E-state index in [4.69, 9.17) is 9.26 Å². The highest BCUT2D eigenvalue weighted by molar-refractivity contribution is 5.91. The highest BCUT2D eigenvalue weighted by atomic mass is 16.5. The Hall–Kier alpha value is -2.58. The maximum Gasteiger partial charge on any atom is 0.279 e. The standard InChI is InChI=1S/C18H19N5O3/c24-17-13-7-2-1-6-12(13)15(20-21-17)18-19-16(22-26-18)14-9-23-8-4-3-5-11(23)10-25-14/h1-2,6-7,11,14H,3-5,8-10H2,(H,21,24)/t11?,14-/m1/s1. The maximum absolute atomic E-state index is 11.9. The molecule has 3 aromatic rings. The Morgan fingerprint density at radius 2 is 2.08 bits per heavy atom. The second-order valence-corrected chi connectivity index (χ2v) is 6.87. The van der Waals surface area contributed by atoms with E-state index >= 15 is 0 Å². The number of hydrogen-bond acceptors (Lipinski definition) is 7. The number of nitrogens with one attached hydrogen (secondary N) is 1. The molecule has 0 radical (unpaired) electrons. The van der Waals surface area contributed by atoms with E-state index in [1.807, 2.05) is 18.2 Å². The van der Waals surface area contributed by atoms with Crippen LogP contribution in [-0.4, -0.2) is 51.0 Å². The Morgan fingerprint density at radius 3 is 3.00 bits per heavy atom. The van der Waals surface area contributed by atoms with Gasteiger partial charge in [0.2, 0.25) is 5.82 Å². The third-order valence-corrected chi connectivity index (χ3v) is 5.27. The molecule has 0 aliphatic carbocycles. The van der Waals surface area contributed by atoms with Crippen LogP contribution in [0.5, 0.6) is 0 Å². The van der Waals surface area contributed by atoms with E-state index in [1.165, 1.54) is 19.3 Å². The van der Waals surface area contributed by atoms with Crippen molar-refractivity contribution < 1.29 is 9.26 Å². The SMILES string of the molecule is O=c1[nH]nc(-c2nc([C@H]3CN4CCCCC4CO3)no2)c2ccccc12. The van der Waals surface area contributed by atoms with Crippen LogP contribution in [0.15, 0.2) is 33.6 Å². The zero-order valence-electron chi connectivity index (χ0n) is 14.2. The molecule has 1 unspecified atom stereocenters. The second kappa shape index (κ2) is 6.30. The summed E-state index contributed by atoms with van der Waals surface area (Å²) in [5, 5.41) is 12.0. The molecule has 8 nitrogen and oxygen atoms in total. The van der Waals surface area contributed by atoms with Gasteiger partial charge >= 0.3 is 0 Å². The predicted molar refractivity (Wildman–Crippen MR) is 93.6 cm³/mol. The van der Waals surface area contributed by atoms with E-state index < -0.39 is 0 Å². The minimum atomic E-state index is -0.240. The largest absolute Gasteiger partial charge is 0.367 e. The molecular formula is C18H19N5O3. The molecule has 2 aliphatic heterocycles. The van der Waals surface area contributed by atoms with Crippen LogP contribution in [0.3, 0.4) is 0 Å². The quantitative estimate of drug-likeness (QED) is 0.751. The van der Waals surface area contributed by atoms with Crippen LogP contribution in [-0.2, 0) is 4.74 Å². The molecule has 5 rings (SSSR count). The topological polar surface area (TPSA) is 97.1 Å². The van der Waals surface area contributed by atoms with Gasteiger partial charge < -0.3 is 9.26 Å².